The van der Waals surface area contributed by atoms with E-state index in [-0.39, 0.29) is 10.3 Å². The summed E-state index contributed by atoms with van der Waals surface area (Å²) in [6.07, 6.45) is -3.36. The third-order valence-electron chi connectivity index (χ3n) is 3.65. The quantitative estimate of drug-likeness (QED) is 0.496. The Morgan fingerprint density at radius 3 is 2.56 bits per heavy atom. The van der Waals surface area contributed by atoms with Gasteiger partial charge in [-0.15, -0.1) is 0 Å². The van der Waals surface area contributed by atoms with Crippen LogP contribution in [0, 0.1) is 4.77 Å². The summed E-state index contributed by atoms with van der Waals surface area (Å²) in [5, 5.41) is 10.8. The van der Waals surface area contributed by atoms with Crippen molar-refractivity contribution >= 4 is 18.4 Å². The maximum Gasteiger partial charge on any atom is 0.417 e. The van der Waals surface area contributed by atoms with E-state index in [0.717, 1.165) is 12.3 Å². The van der Waals surface area contributed by atoms with E-state index in [1.165, 1.54) is 22.9 Å². The molecule has 0 amide bonds. The molecule has 3 rings (SSSR count). The lowest BCUT2D eigenvalue weighted by molar-refractivity contribution is -0.137. The van der Waals surface area contributed by atoms with Crippen molar-refractivity contribution < 1.29 is 17.9 Å². The number of halogens is 3. The number of aromatic nitrogens is 3. The minimum absolute atomic E-state index is 0.0641. The number of nitrogens with one attached hydrogen (secondary N) is 1. The molecule has 0 saturated heterocycles. The number of H-pyrrole nitrogens is 1. The van der Waals surface area contributed by atoms with Crippen molar-refractivity contribution in [3.63, 3.8) is 0 Å². The molecule has 0 fully saturated rings. The number of nitrogens with zero attached hydrogens (tertiary/aromatic N) is 3. The lowest BCUT2D eigenvalue weighted by atomic mass is 10.1. The molecule has 1 N–H and O–H groups in total. The summed E-state index contributed by atoms with van der Waals surface area (Å²) in [6, 6.07) is 12.3. The Bertz CT molecular complexity index is 1010. The van der Waals surface area contributed by atoms with Gasteiger partial charge in [0.1, 0.15) is 5.75 Å². The molecule has 2 aromatic carbocycles. The molecule has 0 saturated carbocycles. The van der Waals surface area contributed by atoms with Crippen LogP contribution < -0.4 is 4.74 Å². The van der Waals surface area contributed by atoms with Gasteiger partial charge in [0.15, 0.2) is 5.82 Å². The topological polar surface area (TPSA) is 55.2 Å². The van der Waals surface area contributed by atoms with Gasteiger partial charge in [-0.05, 0) is 49.5 Å². The predicted octanol–water partition coefficient (Wildman–Crippen LogP) is 4.91. The second-order valence-corrected chi connectivity index (χ2v) is 5.84. The highest BCUT2D eigenvalue weighted by molar-refractivity contribution is 7.71. The maximum absolute atomic E-state index is 13.1. The minimum Gasteiger partial charge on any atom is -0.494 e. The molecule has 0 aliphatic rings. The number of hydrogen-bond donors (Lipinski definition) is 1. The van der Waals surface area contributed by atoms with Crippen LogP contribution in [0.2, 0.25) is 0 Å². The van der Waals surface area contributed by atoms with E-state index < -0.39 is 11.7 Å². The van der Waals surface area contributed by atoms with E-state index in [2.05, 4.69) is 15.3 Å². The van der Waals surface area contributed by atoms with Crippen LogP contribution in [0.5, 0.6) is 5.75 Å². The first-order chi connectivity index (χ1) is 12.9. The summed E-state index contributed by atoms with van der Waals surface area (Å²) in [4.78, 5) is 0. The van der Waals surface area contributed by atoms with Gasteiger partial charge in [-0.25, -0.2) is 5.10 Å². The van der Waals surface area contributed by atoms with Crippen LogP contribution in [0.25, 0.3) is 11.4 Å². The highest BCUT2D eigenvalue weighted by atomic mass is 32.1. The molecule has 0 unspecified atom stereocenters. The van der Waals surface area contributed by atoms with E-state index in [9.17, 15) is 13.2 Å². The van der Waals surface area contributed by atoms with Gasteiger partial charge >= 0.3 is 6.18 Å². The lowest BCUT2D eigenvalue weighted by Crippen LogP contribution is -2.09. The summed E-state index contributed by atoms with van der Waals surface area (Å²) in [6.45, 7) is 2.42. The van der Waals surface area contributed by atoms with Crippen LogP contribution >= 0.6 is 12.2 Å². The highest BCUT2D eigenvalue weighted by Crippen LogP contribution is 2.31. The summed E-state index contributed by atoms with van der Waals surface area (Å²) in [5.74, 6) is 1.08. The van der Waals surface area contributed by atoms with Gasteiger partial charge < -0.3 is 4.74 Å². The lowest BCUT2D eigenvalue weighted by Gasteiger charge is -2.09. The van der Waals surface area contributed by atoms with Crippen molar-refractivity contribution in [1.29, 1.82) is 0 Å². The van der Waals surface area contributed by atoms with E-state index in [0.29, 0.717) is 23.7 Å². The Labute approximate surface area is 158 Å². The molecule has 27 heavy (non-hydrogen) atoms. The molecule has 1 heterocycles. The van der Waals surface area contributed by atoms with Gasteiger partial charge in [0, 0.05) is 11.1 Å². The number of hydrogen-bond acceptors (Lipinski definition) is 4. The third kappa shape index (κ3) is 4.25. The SMILES string of the molecule is CCOc1ccc(-c2n[nH]c(=S)n2N=Cc2ccccc2C(F)(F)F)cc1. The monoisotopic (exact) mass is 392 g/mol. The Morgan fingerprint density at radius 1 is 1.19 bits per heavy atom. The van der Waals surface area contributed by atoms with Crippen LogP contribution in [0.4, 0.5) is 13.2 Å². The normalized spacial score (nSPS) is 11.9. The number of alkyl halides is 3. The van der Waals surface area contributed by atoms with Crippen LogP contribution in [0.1, 0.15) is 18.1 Å². The summed E-state index contributed by atoms with van der Waals surface area (Å²) in [7, 11) is 0. The van der Waals surface area contributed by atoms with Gasteiger partial charge in [-0.2, -0.15) is 28.0 Å². The Balaban J connectivity index is 1.97. The zero-order chi connectivity index (χ0) is 19.4. The summed E-state index contributed by atoms with van der Waals surface area (Å²) >= 11 is 5.15. The fourth-order valence-corrected chi connectivity index (χ4v) is 2.62. The third-order valence-corrected chi connectivity index (χ3v) is 3.92. The number of ether oxygens (including phenoxy) is 1. The first-order valence-corrected chi connectivity index (χ1v) is 8.42. The fourth-order valence-electron chi connectivity index (χ4n) is 2.44. The molecule has 0 spiro atoms. The molecule has 0 radical (unpaired) electrons. The van der Waals surface area contributed by atoms with Gasteiger partial charge in [-0.1, -0.05) is 18.2 Å². The number of rotatable bonds is 5. The second-order valence-electron chi connectivity index (χ2n) is 5.45. The van der Waals surface area contributed by atoms with Gasteiger partial charge in [-0.3, -0.25) is 0 Å². The fraction of sp³-hybridized carbons (Fsp3) is 0.167. The first kappa shape index (κ1) is 18.8. The van der Waals surface area contributed by atoms with Crippen LogP contribution in [0.3, 0.4) is 0 Å². The zero-order valence-corrected chi connectivity index (χ0v) is 15.0. The molecule has 0 aliphatic carbocycles. The van der Waals surface area contributed by atoms with Crippen LogP contribution in [0.15, 0.2) is 53.6 Å². The van der Waals surface area contributed by atoms with E-state index >= 15 is 0 Å². The van der Waals surface area contributed by atoms with Crippen molar-refractivity contribution in [2.45, 2.75) is 13.1 Å². The predicted molar refractivity (Wildman–Crippen MR) is 98.5 cm³/mol. The van der Waals surface area contributed by atoms with Crippen molar-refractivity contribution in [3.8, 4) is 17.1 Å². The number of benzene rings is 2. The smallest absolute Gasteiger partial charge is 0.417 e. The van der Waals surface area contributed by atoms with Crippen LogP contribution in [-0.4, -0.2) is 27.7 Å². The Hall–Kier alpha value is -2.94. The largest absolute Gasteiger partial charge is 0.494 e. The zero-order valence-electron chi connectivity index (χ0n) is 14.2. The number of aromatic amines is 1. The molecule has 0 aliphatic heterocycles. The van der Waals surface area contributed by atoms with Crippen molar-refractivity contribution in [2.75, 3.05) is 6.61 Å². The van der Waals surface area contributed by atoms with Gasteiger partial charge in [0.25, 0.3) is 0 Å². The molecule has 9 heteroatoms. The second kappa shape index (κ2) is 7.75. The molecule has 1 aromatic heterocycles. The van der Waals surface area contributed by atoms with Crippen LogP contribution in [-0.2, 0) is 6.18 Å². The maximum atomic E-state index is 13.1. The minimum atomic E-state index is -4.47. The van der Waals surface area contributed by atoms with Crippen molar-refractivity contribution in [2.24, 2.45) is 5.10 Å². The summed E-state index contributed by atoms with van der Waals surface area (Å²) < 4.78 is 46.2. The van der Waals surface area contributed by atoms with E-state index in [4.69, 9.17) is 17.0 Å². The van der Waals surface area contributed by atoms with Gasteiger partial charge in [0.05, 0.1) is 18.4 Å². The molecular formula is C18H15F3N4OS. The van der Waals surface area contributed by atoms with Crippen molar-refractivity contribution in [1.82, 2.24) is 14.9 Å². The van der Waals surface area contributed by atoms with E-state index in [1.807, 2.05) is 6.92 Å². The highest BCUT2D eigenvalue weighted by Gasteiger charge is 2.32. The Kier molecular flexibility index (Phi) is 5.41. The first-order valence-electron chi connectivity index (χ1n) is 8.01. The van der Waals surface area contributed by atoms with E-state index in [1.54, 1.807) is 24.3 Å². The van der Waals surface area contributed by atoms with Crippen molar-refractivity contribution in [3.05, 3.63) is 64.4 Å². The molecule has 5 nitrogen and oxygen atoms in total. The Morgan fingerprint density at radius 2 is 1.89 bits per heavy atom. The molecule has 3 aromatic rings. The average Bonchev–Trinajstić information content (AvgIpc) is 3.01. The van der Waals surface area contributed by atoms with Gasteiger partial charge in [0.2, 0.25) is 4.77 Å². The molecule has 0 atom stereocenters. The average molecular weight is 392 g/mol. The molecular weight excluding hydrogens is 377 g/mol. The standard InChI is InChI=1S/C18H15F3N4OS/c1-2-26-14-9-7-12(8-10-14)16-23-24-17(27)25(16)22-11-13-5-3-4-6-15(13)18(19,20)21/h3-11H,2H2,1H3,(H,24,27). The molecule has 0 bridgehead atoms. The molecule has 140 valence electrons. The summed E-state index contributed by atoms with van der Waals surface area (Å²) in [5.41, 5.74) is -0.149.